The fourth-order valence-corrected chi connectivity index (χ4v) is 3.15. The van der Waals surface area contributed by atoms with Crippen molar-refractivity contribution in [2.45, 2.75) is 6.18 Å². The molecule has 0 spiro atoms. The third-order valence-electron chi connectivity index (χ3n) is 4.76. The first-order valence-corrected chi connectivity index (χ1v) is 9.50. The maximum Gasteiger partial charge on any atom is 0.450 e. The summed E-state index contributed by atoms with van der Waals surface area (Å²) in [4.78, 5) is 23.8. The van der Waals surface area contributed by atoms with Gasteiger partial charge in [-0.1, -0.05) is 6.58 Å². The van der Waals surface area contributed by atoms with E-state index in [1.807, 2.05) is 0 Å². The Morgan fingerprint density at radius 1 is 1.09 bits per heavy atom. The van der Waals surface area contributed by atoms with Gasteiger partial charge in [0.25, 0.3) is 5.91 Å². The van der Waals surface area contributed by atoms with Crippen LogP contribution in [0.5, 0.6) is 0 Å². The van der Waals surface area contributed by atoms with Crippen molar-refractivity contribution in [2.75, 3.05) is 12.4 Å². The minimum absolute atomic E-state index is 0.0222. The van der Waals surface area contributed by atoms with Crippen LogP contribution in [0.1, 0.15) is 21.7 Å². The number of hydrogen-bond acceptors (Lipinski definition) is 5. The van der Waals surface area contributed by atoms with Crippen molar-refractivity contribution in [3.05, 3.63) is 84.0 Å². The number of amides is 1. The predicted octanol–water partition coefficient (Wildman–Crippen LogP) is 4.98. The van der Waals surface area contributed by atoms with Crippen LogP contribution in [0.4, 0.5) is 27.8 Å². The van der Waals surface area contributed by atoms with Gasteiger partial charge in [-0.05, 0) is 30.3 Å². The Bertz CT molecular complexity index is 1410. The molecule has 0 radical (unpaired) electrons. The van der Waals surface area contributed by atoms with Crippen molar-refractivity contribution in [1.82, 2.24) is 19.5 Å². The van der Waals surface area contributed by atoms with E-state index >= 15 is 0 Å². The number of imidazole rings is 1. The Hall–Kier alpha value is -4.35. The minimum Gasteiger partial charge on any atom is -0.497 e. The lowest BCUT2D eigenvalue weighted by molar-refractivity contribution is -0.145. The fraction of sp³-hybridized carbons (Fsp3) is 0.0909. The maximum absolute atomic E-state index is 13.8. The number of halogens is 5. The Balaban J connectivity index is 1.70. The molecular weight excluding hydrogens is 461 g/mol. The van der Waals surface area contributed by atoms with Crippen LogP contribution in [-0.4, -0.2) is 32.5 Å². The monoisotopic (exact) mass is 475 g/mol. The summed E-state index contributed by atoms with van der Waals surface area (Å²) < 4.78 is 73.7. The summed E-state index contributed by atoms with van der Waals surface area (Å²) in [5, 5.41) is 2.25. The molecule has 1 amide bonds. The molecule has 2 aromatic carbocycles. The summed E-state index contributed by atoms with van der Waals surface area (Å²) >= 11 is 0. The standard InChI is InChI=1S/C22H14F5N5O2/c1-11(34-2)12-3-6-17-16(7-12)30-21(22(25,26)27)32(17)19-10-28-18(9-29-19)31-20(33)14-5-4-13(23)8-15(14)24/h3-10H,1H2,2H3,(H,28,31,33). The number of ether oxygens (including phenoxy) is 1. The highest BCUT2D eigenvalue weighted by Gasteiger charge is 2.38. The smallest absolute Gasteiger partial charge is 0.450 e. The van der Waals surface area contributed by atoms with E-state index < -0.39 is 35.1 Å². The number of nitrogens with one attached hydrogen (secondary N) is 1. The van der Waals surface area contributed by atoms with Crippen molar-refractivity contribution in [3.8, 4) is 5.82 Å². The number of hydrogen-bond donors (Lipinski definition) is 1. The van der Waals surface area contributed by atoms with E-state index in [2.05, 4.69) is 26.8 Å². The van der Waals surface area contributed by atoms with Gasteiger partial charge in [-0.3, -0.25) is 9.36 Å². The molecule has 2 heterocycles. The van der Waals surface area contributed by atoms with Gasteiger partial charge in [-0.2, -0.15) is 13.2 Å². The number of benzene rings is 2. The lowest BCUT2D eigenvalue weighted by Crippen LogP contribution is -2.17. The van der Waals surface area contributed by atoms with Gasteiger partial charge in [0.05, 0.1) is 36.1 Å². The van der Waals surface area contributed by atoms with E-state index in [0.717, 1.165) is 29.1 Å². The van der Waals surface area contributed by atoms with Crippen LogP contribution < -0.4 is 5.32 Å². The van der Waals surface area contributed by atoms with Crippen LogP contribution >= 0.6 is 0 Å². The molecule has 0 aliphatic heterocycles. The molecule has 0 saturated carbocycles. The molecule has 4 rings (SSSR count). The molecule has 0 atom stereocenters. The highest BCUT2D eigenvalue weighted by atomic mass is 19.4. The Morgan fingerprint density at radius 2 is 1.85 bits per heavy atom. The molecule has 0 bridgehead atoms. The highest BCUT2D eigenvalue weighted by Crippen LogP contribution is 2.34. The molecule has 0 aliphatic rings. The van der Waals surface area contributed by atoms with Crippen LogP contribution in [0.15, 0.2) is 55.4 Å². The average Bonchev–Trinajstić information content (AvgIpc) is 3.18. The maximum atomic E-state index is 13.8. The second-order valence-corrected chi connectivity index (χ2v) is 6.94. The SMILES string of the molecule is C=C(OC)c1ccc2c(c1)nc(C(F)(F)F)n2-c1cnc(NC(=O)c2ccc(F)cc2F)cn1. The molecule has 1 N–H and O–H groups in total. The van der Waals surface area contributed by atoms with E-state index in [9.17, 15) is 26.7 Å². The van der Waals surface area contributed by atoms with E-state index in [0.29, 0.717) is 11.6 Å². The van der Waals surface area contributed by atoms with Gasteiger partial charge in [0.15, 0.2) is 11.6 Å². The summed E-state index contributed by atoms with van der Waals surface area (Å²) in [7, 11) is 1.38. The Kier molecular flexibility index (Phi) is 5.73. The van der Waals surface area contributed by atoms with Gasteiger partial charge >= 0.3 is 6.18 Å². The number of nitrogens with zero attached hydrogens (tertiary/aromatic N) is 4. The molecule has 7 nitrogen and oxygen atoms in total. The largest absolute Gasteiger partial charge is 0.497 e. The highest BCUT2D eigenvalue weighted by molar-refractivity contribution is 6.03. The molecule has 4 aromatic rings. The first-order chi connectivity index (χ1) is 16.1. The predicted molar refractivity (Wildman–Crippen MR) is 112 cm³/mol. The Morgan fingerprint density at radius 3 is 2.47 bits per heavy atom. The number of carbonyl (C=O) groups is 1. The number of rotatable bonds is 5. The van der Waals surface area contributed by atoms with Crippen LogP contribution in [-0.2, 0) is 10.9 Å². The zero-order chi connectivity index (χ0) is 24.6. The van der Waals surface area contributed by atoms with Gasteiger partial charge < -0.3 is 10.1 Å². The third-order valence-corrected chi connectivity index (χ3v) is 4.76. The number of carbonyl (C=O) groups excluding carboxylic acids is 1. The van der Waals surface area contributed by atoms with Crippen molar-refractivity contribution in [2.24, 2.45) is 0 Å². The number of aromatic nitrogens is 4. The zero-order valence-corrected chi connectivity index (χ0v) is 17.3. The molecule has 0 saturated heterocycles. The topological polar surface area (TPSA) is 81.9 Å². The van der Waals surface area contributed by atoms with E-state index in [4.69, 9.17) is 4.74 Å². The lowest BCUT2D eigenvalue weighted by Gasteiger charge is -2.11. The summed E-state index contributed by atoms with van der Waals surface area (Å²) in [5.74, 6) is -4.24. The van der Waals surface area contributed by atoms with Crippen LogP contribution in [0, 0.1) is 11.6 Å². The second-order valence-electron chi connectivity index (χ2n) is 6.94. The van der Waals surface area contributed by atoms with Crippen molar-refractivity contribution < 1.29 is 31.5 Å². The summed E-state index contributed by atoms with van der Waals surface area (Å²) in [6.45, 7) is 3.67. The van der Waals surface area contributed by atoms with Gasteiger partial charge in [-0.25, -0.2) is 23.7 Å². The van der Waals surface area contributed by atoms with E-state index in [1.54, 1.807) is 0 Å². The van der Waals surface area contributed by atoms with Crippen molar-refractivity contribution >= 4 is 28.5 Å². The minimum atomic E-state index is -4.81. The van der Waals surface area contributed by atoms with Crippen LogP contribution in [0.25, 0.3) is 22.6 Å². The van der Waals surface area contributed by atoms with Gasteiger partial charge in [0.1, 0.15) is 17.4 Å². The summed E-state index contributed by atoms with van der Waals surface area (Å²) in [5.41, 5.74) is 0.125. The van der Waals surface area contributed by atoms with E-state index in [-0.39, 0.29) is 28.4 Å². The molecule has 0 fully saturated rings. The molecular formula is C22H14F5N5O2. The normalized spacial score (nSPS) is 11.5. The van der Waals surface area contributed by atoms with Gasteiger partial charge in [-0.15, -0.1) is 0 Å². The van der Waals surface area contributed by atoms with Gasteiger partial charge in [0, 0.05) is 11.6 Å². The molecule has 34 heavy (non-hydrogen) atoms. The number of anilines is 1. The lowest BCUT2D eigenvalue weighted by atomic mass is 10.2. The molecule has 12 heteroatoms. The van der Waals surface area contributed by atoms with Crippen molar-refractivity contribution in [3.63, 3.8) is 0 Å². The summed E-state index contributed by atoms with van der Waals surface area (Å²) in [6, 6.07) is 6.72. The molecule has 174 valence electrons. The quantitative estimate of drug-likeness (QED) is 0.325. The van der Waals surface area contributed by atoms with Gasteiger partial charge in [0.2, 0.25) is 5.82 Å². The molecule has 0 unspecified atom stereocenters. The van der Waals surface area contributed by atoms with Crippen LogP contribution in [0.2, 0.25) is 0 Å². The molecule has 0 aliphatic carbocycles. The first kappa shape index (κ1) is 22.8. The number of alkyl halides is 3. The van der Waals surface area contributed by atoms with E-state index in [1.165, 1.54) is 25.3 Å². The Labute approximate surface area is 188 Å². The number of methoxy groups -OCH3 is 1. The zero-order valence-electron chi connectivity index (χ0n) is 17.3. The summed E-state index contributed by atoms with van der Waals surface area (Å²) in [6.07, 6.45) is -2.82. The third kappa shape index (κ3) is 4.29. The first-order valence-electron chi connectivity index (χ1n) is 9.50. The van der Waals surface area contributed by atoms with Crippen molar-refractivity contribution in [1.29, 1.82) is 0 Å². The molecule has 2 aromatic heterocycles. The second kappa shape index (κ2) is 8.54. The van der Waals surface area contributed by atoms with Crippen LogP contribution in [0.3, 0.4) is 0 Å². The fourth-order valence-electron chi connectivity index (χ4n) is 3.15. The average molecular weight is 475 g/mol. The number of fused-ring (bicyclic) bond motifs is 1.